The lowest BCUT2D eigenvalue weighted by Crippen LogP contribution is -2.07. The summed E-state index contributed by atoms with van der Waals surface area (Å²) in [6.45, 7) is 3.78. The lowest BCUT2D eigenvalue weighted by Gasteiger charge is -2.06. The van der Waals surface area contributed by atoms with Crippen molar-refractivity contribution in [3.8, 4) is 0 Å². The molecular formula is C11H14O2. The van der Waals surface area contributed by atoms with Crippen molar-refractivity contribution >= 4 is 5.97 Å². The minimum atomic E-state index is -0.774. The molecule has 0 aliphatic carbocycles. The smallest absolute Gasteiger partial charge is 0.310 e. The zero-order chi connectivity index (χ0) is 9.84. The molecule has 1 N–H and O–H groups in total. The van der Waals surface area contributed by atoms with E-state index in [1.807, 2.05) is 24.3 Å². The van der Waals surface area contributed by atoms with Crippen molar-refractivity contribution in [3.63, 3.8) is 0 Å². The summed E-state index contributed by atoms with van der Waals surface area (Å²) in [6.07, 6.45) is 0.988. The van der Waals surface area contributed by atoms with Crippen LogP contribution >= 0.6 is 0 Å². The average molecular weight is 178 g/mol. The summed E-state index contributed by atoms with van der Waals surface area (Å²) in [6, 6.07) is 7.73. The Balaban J connectivity index is 2.85. The van der Waals surface area contributed by atoms with E-state index in [1.165, 1.54) is 5.56 Å². The van der Waals surface area contributed by atoms with Gasteiger partial charge in [0.2, 0.25) is 0 Å². The van der Waals surface area contributed by atoms with Crippen molar-refractivity contribution < 1.29 is 9.90 Å². The van der Waals surface area contributed by atoms with Gasteiger partial charge in [0, 0.05) is 0 Å². The summed E-state index contributed by atoms with van der Waals surface area (Å²) in [5, 5.41) is 8.76. The van der Waals surface area contributed by atoms with Gasteiger partial charge < -0.3 is 5.11 Å². The van der Waals surface area contributed by atoms with Gasteiger partial charge in [-0.05, 0) is 24.5 Å². The van der Waals surface area contributed by atoms with E-state index < -0.39 is 11.9 Å². The second kappa shape index (κ2) is 4.08. The van der Waals surface area contributed by atoms with Crippen LogP contribution in [0.1, 0.15) is 30.9 Å². The summed E-state index contributed by atoms with van der Waals surface area (Å²) in [5.74, 6) is -1.19. The van der Waals surface area contributed by atoms with Gasteiger partial charge in [-0.2, -0.15) is 0 Å². The molecule has 0 fully saturated rings. The van der Waals surface area contributed by atoms with Gasteiger partial charge in [-0.15, -0.1) is 0 Å². The van der Waals surface area contributed by atoms with Gasteiger partial charge in [-0.1, -0.05) is 31.2 Å². The highest BCUT2D eigenvalue weighted by Crippen LogP contribution is 2.15. The number of benzene rings is 1. The van der Waals surface area contributed by atoms with E-state index in [0.717, 1.165) is 12.0 Å². The summed E-state index contributed by atoms with van der Waals surface area (Å²) < 4.78 is 0. The van der Waals surface area contributed by atoms with Crippen LogP contribution < -0.4 is 0 Å². The van der Waals surface area contributed by atoms with E-state index in [4.69, 9.17) is 5.11 Å². The summed E-state index contributed by atoms with van der Waals surface area (Å²) in [4.78, 5) is 10.7. The largest absolute Gasteiger partial charge is 0.481 e. The fraction of sp³-hybridized carbons (Fsp3) is 0.364. The fourth-order valence-electron chi connectivity index (χ4n) is 1.18. The van der Waals surface area contributed by atoms with Crippen molar-refractivity contribution in [3.05, 3.63) is 35.4 Å². The van der Waals surface area contributed by atoms with Crippen LogP contribution in [0.3, 0.4) is 0 Å². The van der Waals surface area contributed by atoms with Crippen molar-refractivity contribution in [1.29, 1.82) is 0 Å². The Morgan fingerprint density at radius 2 is 1.92 bits per heavy atom. The SMILES string of the molecule is CCc1ccc([C@H](C)C(=O)O)cc1. The lowest BCUT2D eigenvalue weighted by atomic mass is 10.00. The van der Waals surface area contributed by atoms with Crippen LogP contribution in [0.25, 0.3) is 0 Å². The molecule has 1 rings (SSSR count). The summed E-state index contributed by atoms with van der Waals surface area (Å²) in [5.41, 5.74) is 2.10. The van der Waals surface area contributed by atoms with E-state index in [0.29, 0.717) is 0 Å². The summed E-state index contributed by atoms with van der Waals surface area (Å²) >= 11 is 0. The first-order valence-corrected chi connectivity index (χ1v) is 4.46. The number of carbonyl (C=O) groups is 1. The number of aliphatic carboxylic acids is 1. The predicted octanol–water partition coefficient (Wildman–Crippen LogP) is 2.44. The number of hydrogen-bond acceptors (Lipinski definition) is 1. The first-order chi connectivity index (χ1) is 6.15. The first kappa shape index (κ1) is 9.78. The van der Waals surface area contributed by atoms with E-state index in [2.05, 4.69) is 6.92 Å². The van der Waals surface area contributed by atoms with Crippen molar-refractivity contribution in [2.45, 2.75) is 26.2 Å². The van der Waals surface area contributed by atoms with Gasteiger partial charge in [-0.3, -0.25) is 4.79 Å². The Labute approximate surface area is 78.2 Å². The highest BCUT2D eigenvalue weighted by molar-refractivity contribution is 5.75. The van der Waals surface area contributed by atoms with E-state index >= 15 is 0 Å². The molecule has 0 radical (unpaired) electrons. The Morgan fingerprint density at radius 3 is 2.31 bits per heavy atom. The maximum atomic E-state index is 10.7. The molecule has 0 aliphatic heterocycles. The molecule has 70 valence electrons. The number of hydrogen-bond donors (Lipinski definition) is 1. The molecule has 1 atom stereocenters. The standard InChI is InChI=1S/C11H14O2/c1-3-9-4-6-10(7-5-9)8(2)11(12)13/h4-8H,3H2,1-2H3,(H,12,13)/t8-/m0/s1. The second-order valence-electron chi connectivity index (χ2n) is 3.16. The Morgan fingerprint density at radius 1 is 1.38 bits per heavy atom. The number of aryl methyl sites for hydroxylation is 1. The van der Waals surface area contributed by atoms with Crippen LogP contribution in [0, 0.1) is 0 Å². The highest BCUT2D eigenvalue weighted by Gasteiger charge is 2.12. The molecule has 0 bridgehead atoms. The second-order valence-corrected chi connectivity index (χ2v) is 3.16. The number of carboxylic acids is 1. The van der Waals surface area contributed by atoms with Crippen molar-refractivity contribution in [2.75, 3.05) is 0 Å². The van der Waals surface area contributed by atoms with Crippen LogP contribution in [0.15, 0.2) is 24.3 Å². The van der Waals surface area contributed by atoms with Crippen molar-refractivity contribution in [2.24, 2.45) is 0 Å². The average Bonchev–Trinajstić information content (AvgIpc) is 2.17. The van der Waals surface area contributed by atoms with Gasteiger partial charge in [0.25, 0.3) is 0 Å². The number of carboxylic acid groups (broad SMARTS) is 1. The third-order valence-corrected chi connectivity index (χ3v) is 2.26. The molecule has 0 saturated carbocycles. The molecule has 0 spiro atoms. The highest BCUT2D eigenvalue weighted by atomic mass is 16.4. The van der Waals surface area contributed by atoms with Crippen LogP contribution in [0.4, 0.5) is 0 Å². The summed E-state index contributed by atoms with van der Waals surface area (Å²) in [7, 11) is 0. The third-order valence-electron chi connectivity index (χ3n) is 2.26. The minimum Gasteiger partial charge on any atom is -0.481 e. The normalized spacial score (nSPS) is 12.5. The predicted molar refractivity (Wildman–Crippen MR) is 51.9 cm³/mol. The topological polar surface area (TPSA) is 37.3 Å². The Hall–Kier alpha value is -1.31. The molecule has 0 aromatic heterocycles. The quantitative estimate of drug-likeness (QED) is 0.771. The first-order valence-electron chi connectivity index (χ1n) is 4.46. The van der Waals surface area contributed by atoms with Crippen LogP contribution in [0.5, 0.6) is 0 Å². The van der Waals surface area contributed by atoms with Crippen LogP contribution in [0.2, 0.25) is 0 Å². The van der Waals surface area contributed by atoms with Gasteiger partial charge in [0.05, 0.1) is 5.92 Å². The molecular weight excluding hydrogens is 164 g/mol. The zero-order valence-corrected chi connectivity index (χ0v) is 7.95. The zero-order valence-electron chi connectivity index (χ0n) is 7.95. The molecule has 2 heteroatoms. The van der Waals surface area contributed by atoms with Crippen LogP contribution in [-0.4, -0.2) is 11.1 Å². The molecule has 0 aliphatic rings. The third kappa shape index (κ3) is 2.31. The van der Waals surface area contributed by atoms with E-state index in [-0.39, 0.29) is 0 Å². The Kier molecular flexibility index (Phi) is 3.07. The number of rotatable bonds is 3. The molecule has 1 aromatic carbocycles. The molecule has 0 unspecified atom stereocenters. The van der Waals surface area contributed by atoms with Gasteiger partial charge in [0.1, 0.15) is 0 Å². The molecule has 0 saturated heterocycles. The minimum absolute atomic E-state index is 0.411. The van der Waals surface area contributed by atoms with Gasteiger partial charge in [0.15, 0.2) is 0 Å². The lowest BCUT2D eigenvalue weighted by molar-refractivity contribution is -0.138. The maximum Gasteiger partial charge on any atom is 0.310 e. The maximum absolute atomic E-state index is 10.7. The van der Waals surface area contributed by atoms with Gasteiger partial charge in [-0.25, -0.2) is 0 Å². The van der Waals surface area contributed by atoms with Crippen molar-refractivity contribution in [1.82, 2.24) is 0 Å². The van der Waals surface area contributed by atoms with E-state index in [9.17, 15) is 4.79 Å². The van der Waals surface area contributed by atoms with E-state index in [1.54, 1.807) is 6.92 Å². The van der Waals surface area contributed by atoms with Gasteiger partial charge >= 0.3 is 5.97 Å². The monoisotopic (exact) mass is 178 g/mol. The molecule has 0 amide bonds. The molecule has 2 nitrogen and oxygen atoms in total. The van der Waals surface area contributed by atoms with Crippen LogP contribution in [-0.2, 0) is 11.2 Å². The Bertz CT molecular complexity index is 287. The molecule has 0 heterocycles. The molecule has 13 heavy (non-hydrogen) atoms. The molecule has 1 aromatic rings. The fourth-order valence-corrected chi connectivity index (χ4v) is 1.18.